The minimum absolute atomic E-state index is 0.718. The second kappa shape index (κ2) is 7.98. The summed E-state index contributed by atoms with van der Waals surface area (Å²) in [7, 11) is 0. The SMILES string of the molecule is CCNC1CCC(C(C)C)CC1Cc1ccc(CC)cc1. The van der Waals surface area contributed by atoms with Crippen LogP contribution in [0.2, 0.25) is 0 Å². The number of hydrogen-bond donors (Lipinski definition) is 1. The molecule has 1 aliphatic carbocycles. The summed E-state index contributed by atoms with van der Waals surface area (Å²) in [6.07, 6.45) is 6.53. The van der Waals surface area contributed by atoms with Crippen LogP contribution in [0.5, 0.6) is 0 Å². The fraction of sp³-hybridized carbons (Fsp3) is 0.700. The standard InChI is InChI=1S/C20H33N/c1-5-16-7-9-17(10-8-16)13-19-14-18(15(3)4)11-12-20(19)21-6-2/h7-10,15,18-21H,5-6,11-14H2,1-4H3. The van der Waals surface area contributed by atoms with E-state index in [2.05, 4.69) is 57.3 Å². The lowest BCUT2D eigenvalue weighted by atomic mass is 9.71. The zero-order valence-corrected chi connectivity index (χ0v) is 14.4. The van der Waals surface area contributed by atoms with Crippen molar-refractivity contribution < 1.29 is 0 Å². The van der Waals surface area contributed by atoms with E-state index in [0.29, 0.717) is 0 Å². The monoisotopic (exact) mass is 287 g/mol. The fourth-order valence-corrected chi connectivity index (χ4v) is 3.88. The first-order valence-corrected chi connectivity index (χ1v) is 8.95. The van der Waals surface area contributed by atoms with Crippen molar-refractivity contribution in [3.63, 3.8) is 0 Å². The molecule has 1 heteroatoms. The first kappa shape index (κ1) is 16.5. The third-order valence-electron chi connectivity index (χ3n) is 5.36. The van der Waals surface area contributed by atoms with Crippen molar-refractivity contribution in [3.05, 3.63) is 35.4 Å². The Morgan fingerprint density at radius 2 is 1.71 bits per heavy atom. The maximum absolute atomic E-state index is 3.74. The Morgan fingerprint density at radius 3 is 2.29 bits per heavy atom. The average molecular weight is 287 g/mol. The number of nitrogens with one attached hydrogen (secondary N) is 1. The average Bonchev–Trinajstić information content (AvgIpc) is 2.50. The Kier molecular flexibility index (Phi) is 6.29. The molecule has 3 atom stereocenters. The fourth-order valence-electron chi connectivity index (χ4n) is 3.88. The van der Waals surface area contributed by atoms with Crippen LogP contribution in [-0.4, -0.2) is 12.6 Å². The summed E-state index contributed by atoms with van der Waals surface area (Å²) >= 11 is 0. The molecule has 0 aromatic heterocycles. The summed E-state index contributed by atoms with van der Waals surface area (Å²) in [6.45, 7) is 10.4. The van der Waals surface area contributed by atoms with Gasteiger partial charge < -0.3 is 5.32 Å². The van der Waals surface area contributed by atoms with Crippen LogP contribution in [-0.2, 0) is 12.8 Å². The number of hydrogen-bond acceptors (Lipinski definition) is 1. The van der Waals surface area contributed by atoms with E-state index in [9.17, 15) is 0 Å². The predicted molar refractivity (Wildman–Crippen MR) is 92.7 cm³/mol. The Hall–Kier alpha value is -0.820. The molecule has 1 nitrogen and oxygen atoms in total. The highest BCUT2D eigenvalue weighted by molar-refractivity contribution is 5.23. The van der Waals surface area contributed by atoms with Crippen molar-refractivity contribution in [2.45, 2.75) is 65.8 Å². The summed E-state index contributed by atoms with van der Waals surface area (Å²) < 4.78 is 0. The van der Waals surface area contributed by atoms with Crippen molar-refractivity contribution in [2.75, 3.05) is 6.54 Å². The Labute approximate surface area is 131 Å². The lowest BCUT2D eigenvalue weighted by Gasteiger charge is -2.38. The van der Waals surface area contributed by atoms with E-state index < -0.39 is 0 Å². The van der Waals surface area contributed by atoms with Crippen LogP contribution in [0, 0.1) is 17.8 Å². The summed E-state index contributed by atoms with van der Waals surface area (Å²) in [5.74, 6) is 2.55. The molecular formula is C20H33N. The molecule has 1 aromatic rings. The molecule has 21 heavy (non-hydrogen) atoms. The van der Waals surface area contributed by atoms with Crippen LogP contribution >= 0.6 is 0 Å². The maximum atomic E-state index is 3.74. The second-order valence-corrected chi connectivity index (χ2v) is 7.12. The Morgan fingerprint density at radius 1 is 1.05 bits per heavy atom. The smallest absolute Gasteiger partial charge is 0.00985 e. The van der Waals surface area contributed by atoms with Crippen LogP contribution in [0.1, 0.15) is 58.1 Å². The van der Waals surface area contributed by atoms with Gasteiger partial charge in [0, 0.05) is 6.04 Å². The predicted octanol–water partition coefficient (Wildman–Crippen LogP) is 4.84. The van der Waals surface area contributed by atoms with Crippen molar-refractivity contribution in [1.29, 1.82) is 0 Å². The molecule has 0 saturated heterocycles. The molecule has 0 bridgehead atoms. The first-order valence-electron chi connectivity index (χ1n) is 8.95. The minimum atomic E-state index is 0.718. The van der Waals surface area contributed by atoms with Gasteiger partial charge in [-0.25, -0.2) is 0 Å². The zero-order valence-electron chi connectivity index (χ0n) is 14.4. The highest BCUT2D eigenvalue weighted by Gasteiger charge is 2.31. The third-order valence-corrected chi connectivity index (χ3v) is 5.36. The lowest BCUT2D eigenvalue weighted by molar-refractivity contribution is 0.169. The Balaban J connectivity index is 2.03. The van der Waals surface area contributed by atoms with Gasteiger partial charge in [-0.15, -0.1) is 0 Å². The van der Waals surface area contributed by atoms with Gasteiger partial charge >= 0.3 is 0 Å². The Bertz CT molecular complexity index is 406. The summed E-state index contributed by atoms with van der Waals surface area (Å²) in [6, 6.07) is 10.0. The van der Waals surface area contributed by atoms with Crippen molar-refractivity contribution >= 4 is 0 Å². The van der Waals surface area contributed by atoms with Crippen LogP contribution in [0.25, 0.3) is 0 Å². The molecular weight excluding hydrogens is 254 g/mol. The van der Waals surface area contributed by atoms with Crippen molar-refractivity contribution in [2.24, 2.45) is 17.8 Å². The molecule has 0 spiro atoms. The molecule has 1 N–H and O–H groups in total. The van der Waals surface area contributed by atoms with Gasteiger partial charge in [-0.1, -0.05) is 52.0 Å². The third kappa shape index (κ3) is 4.57. The molecule has 1 aromatic carbocycles. The van der Waals surface area contributed by atoms with E-state index in [0.717, 1.165) is 36.8 Å². The van der Waals surface area contributed by atoms with E-state index in [1.54, 1.807) is 0 Å². The first-order chi connectivity index (χ1) is 10.1. The van der Waals surface area contributed by atoms with E-state index in [1.165, 1.54) is 36.8 Å². The highest BCUT2D eigenvalue weighted by atomic mass is 14.9. The van der Waals surface area contributed by atoms with Gasteiger partial charge in [-0.05, 0) is 67.5 Å². The van der Waals surface area contributed by atoms with Gasteiger partial charge in [0.05, 0.1) is 0 Å². The lowest BCUT2D eigenvalue weighted by Crippen LogP contribution is -2.42. The van der Waals surface area contributed by atoms with Gasteiger partial charge in [0.25, 0.3) is 0 Å². The molecule has 1 aliphatic rings. The molecule has 0 aliphatic heterocycles. The largest absolute Gasteiger partial charge is 0.314 e. The van der Waals surface area contributed by atoms with Gasteiger partial charge in [-0.3, -0.25) is 0 Å². The molecule has 3 unspecified atom stereocenters. The maximum Gasteiger partial charge on any atom is 0.00985 e. The normalized spacial score (nSPS) is 26.2. The van der Waals surface area contributed by atoms with Gasteiger partial charge in [0.1, 0.15) is 0 Å². The molecule has 0 amide bonds. The number of benzene rings is 1. The van der Waals surface area contributed by atoms with Crippen LogP contribution in [0.3, 0.4) is 0 Å². The molecule has 2 rings (SSSR count). The van der Waals surface area contributed by atoms with Crippen LogP contribution < -0.4 is 5.32 Å². The summed E-state index contributed by atoms with van der Waals surface area (Å²) in [4.78, 5) is 0. The summed E-state index contributed by atoms with van der Waals surface area (Å²) in [5.41, 5.74) is 2.97. The quantitative estimate of drug-likeness (QED) is 0.789. The molecule has 118 valence electrons. The topological polar surface area (TPSA) is 12.0 Å². The minimum Gasteiger partial charge on any atom is -0.314 e. The second-order valence-electron chi connectivity index (χ2n) is 7.12. The molecule has 1 fully saturated rings. The van der Waals surface area contributed by atoms with Crippen molar-refractivity contribution in [1.82, 2.24) is 5.32 Å². The summed E-state index contributed by atoms with van der Waals surface area (Å²) in [5, 5.41) is 3.74. The van der Waals surface area contributed by atoms with E-state index in [1.807, 2.05) is 0 Å². The van der Waals surface area contributed by atoms with Gasteiger partial charge in [0.15, 0.2) is 0 Å². The number of rotatable bonds is 6. The van der Waals surface area contributed by atoms with Crippen molar-refractivity contribution in [3.8, 4) is 0 Å². The number of aryl methyl sites for hydroxylation is 1. The molecule has 0 radical (unpaired) electrons. The van der Waals surface area contributed by atoms with Crippen LogP contribution in [0.4, 0.5) is 0 Å². The van der Waals surface area contributed by atoms with Gasteiger partial charge in [0.2, 0.25) is 0 Å². The molecule has 1 saturated carbocycles. The zero-order chi connectivity index (χ0) is 15.2. The molecule has 0 heterocycles. The van der Waals surface area contributed by atoms with E-state index >= 15 is 0 Å². The van der Waals surface area contributed by atoms with E-state index in [4.69, 9.17) is 0 Å². The highest BCUT2D eigenvalue weighted by Crippen LogP contribution is 2.35. The van der Waals surface area contributed by atoms with Gasteiger partial charge in [-0.2, -0.15) is 0 Å². The van der Waals surface area contributed by atoms with Crippen LogP contribution in [0.15, 0.2) is 24.3 Å². The van der Waals surface area contributed by atoms with E-state index in [-0.39, 0.29) is 0 Å².